The van der Waals surface area contributed by atoms with Crippen molar-refractivity contribution in [3.63, 3.8) is 0 Å². The molecule has 5 nitrogen and oxygen atoms in total. The van der Waals surface area contributed by atoms with Gasteiger partial charge in [0.25, 0.3) is 5.91 Å². The molecule has 0 aromatic heterocycles. The molecule has 2 amide bonds. The highest BCUT2D eigenvalue weighted by Crippen LogP contribution is 2.14. The van der Waals surface area contributed by atoms with E-state index in [-0.39, 0.29) is 24.5 Å². The highest BCUT2D eigenvalue weighted by atomic mass is 16.5. The van der Waals surface area contributed by atoms with E-state index in [1.165, 1.54) is 5.56 Å². The molecule has 0 saturated carbocycles. The van der Waals surface area contributed by atoms with Crippen molar-refractivity contribution in [2.24, 2.45) is 0 Å². The van der Waals surface area contributed by atoms with E-state index in [2.05, 4.69) is 12.2 Å². The quantitative estimate of drug-likeness (QED) is 0.661. The van der Waals surface area contributed by atoms with Crippen LogP contribution < -0.4 is 10.1 Å². The molecule has 5 heteroatoms. The summed E-state index contributed by atoms with van der Waals surface area (Å²) in [7, 11) is 0. The van der Waals surface area contributed by atoms with Crippen LogP contribution in [-0.2, 0) is 22.6 Å². The molecule has 0 aliphatic rings. The summed E-state index contributed by atoms with van der Waals surface area (Å²) < 4.78 is 5.70. The summed E-state index contributed by atoms with van der Waals surface area (Å²) in [6, 6.07) is 16.9. The first-order chi connectivity index (χ1) is 13.9. The van der Waals surface area contributed by atoms with Crippen LogP contribution in [0.2, 0.25) is 0 Å². The summed E-state index contributed by atoms with van der Waals surface area (Å²) in [5.41, 5.74) is 2.18. The van der Waals surface area contributed by atoms with E-state index < -0.39 is 6.04 Å². The fourth-order valence-corrected chi connectivity index (χ4v) is 2.88. The number of amides is 2. The molecule has 0 heterocycles. The lowest BCUT2D eigenvalue weighted by Crippen LogP contribution is -2.50. The Kier molecular flexibility index (Phi) is 8.71. The lowest BCUT2D eigenvalue weighted by molar-refractivity contribution is -0.142. The number of hydrogen-bond acceptors (Lipinski definition) is 3. The molecule has 0 aliphatic carbocycles. The molecule has 2 rings (SSSR count). The maximum absolute atomic E-state index is 13.0. The molecule has 2 aromatic carbocycles. The van der Waals surface area contributed by atoms with E-state index in [1.54, 1.807) is 11.8 Å². The molecule has 0 saturated heterocycles. The van der Waals surface area contributed by atoms with Crippen molar-refractivity contribution in [1.82, 2.24) is 10.2 Å². The van der Waals surface area contributed by atoms with Crippen molar-refractivity contribution in [2.45, 2.75) is 59.2 Å². The predicted molar refractivity (Wildman–Crippen MR) is 116 cm³/mol. The molecular weight excluding hydrogens is 364 g/mol. The summed E-state index contributed by atoms with van der Waals surface area (Å²) in [6.07, 6.45) is 1.79. The summed E-state index contributed by atoms with van der Waals surface area (Å²) >= 11 is 0. The van der Waals surface area contributed by atoms with Crippen LogP contribution in [0.3, 0.4) is 0 Å². The third-order valence-corrected chi connectivity index (χ3v) is 5.06. The SMILES string of the molecule is CCc1ccc(OCC(=O)N(Cc2ccccc2)[C@@H](C)C(=O)N[C@@H](C)CC)cc1. The van der Waals surface area contributed by atoms with Gasteiger partial charge in [0.2, 0.25) is 5.91 Å². The van der Waals surface area contributed by atoms with Crippen LogP contribution in [-0.4, -0.2) is 35.4 Å². The largest absolute Gasteiger partial charge is 0.484 e. The molecular formula is C24H32N2O3. The van der Waals surface area contributed by atoms with E-state index in [0.717, 1.165) is 18.4 Å². The van der Waals surface area contributed by atoms with E-state index in [0.29, 0.717) is 12.3 Å². The van der Waals surface area contributed by atoms with Gasteiger partial charge in [-0.05, 0) is 49.9 Å². The monoisotopic (exact) mass is 396 g/mol. The smallest absolute Gasteiger partial charge is 0.261 e. The Hall–Kier alpha value is -2.82. The zero-order valence-corrected chi connectivity index (χ0v) is 17.9. The minimum Gasteiger partial charge on any atom is -0.484 e. The van der Waals surface area contributed by atoms with E-state index in [4.69, 9.17) is 4.74 Å². The van der Waals surface area contributed by atoms with Crippen molar-refractivity contribution in [1.29, 1.82) is 0 Å². The van der Waals surface area contributed by atoms with Crippen molar-refractivity contribution in [2.75, 3.05) is 6.61 Å². The molecule has 0 unspecified atom stereocenters. The normalized spacial score (nSPS) is 12.7. The second kappa shape index (κ2) is 11.2. The second-order valence-electron chi connectivity index (χ2n) is 7.29. The third-order valence-electron chi connectivity index (χ3n) is 5.06. The van der Waals surface area contributed by atoms with Crippen LogP contribution in [0.4, 0.5) is 0 Å². The van der Waals surface area contributed by atoms with Crippen molar-refractivity contribution < 1.29 is 14.3 Å². The van der Waals surface area contributed by atoms with E-state index in [9.17, 15) is 9.59 Å². The minimum absolute atomic E-state index is 0.0620. The number of carbonyl (C=O) groups is 2. The number of benzene rings is 2. The summed E-state index contributed by atoms with van der Waals surface area (Å²) in [5, 5.41) is 2.96. The Morgan fingerprint density at radius 1 is 0.966 bits per heavy atom. The Balaban J connectivity index is 2.09. The van der Waals surface area contributed by atoms with Crippen molar-refractivity contribution >= 4 is 11.8 Å². The maximum atomic E-state index is 13.0. The van der Waals surface area contributed by atoms with Crippen molar-refractivity contribution in [3.8, 4) is 5.75 Å². The second-order valence-corrected chi connectivity index (χ2v) is 7.29. The van der Waals surface area contributed by atoms with Gasteiger partial charge in [-0.1, -0.05) is 56.3 Å². The van der Waals surface area contributed by atoms with Gasteiger partial charge < -0.3 is 15.0 Å². The molecule has 156 valence electrons. The molecule has 29 heavy (non-hydrogen) atoms. The average molecular weight is 397 g/mol. The Morgan fingerprint density at radius 2 is 1.62 bits per heavy atom. The summed E-state index contributed by atoms with van der Waals surface area (Å²) in [4.78, 5) is 27.2. The summed E-state index contributed by atoms with van der Waals surface area (Å²) in [6.45, 7) is 8.06. The molecule has 0 bridgehead atoms. The van der Waals surface area contributed by atoms with Crippen LogP contribution in [0.25, 0.3) is 0 Å². The van der Waals surface area contributed by atoms with Crippen LogP contribution >= 0.6 is 0 Å². The van der Waals surface area contributed by atoms with Crippen LogP contribution in [0, 0.1) is 0 Å². The van der Waals surface area contributed by atoms with Gasteiger partial charge in [-0.15, -0.1) is 0 Å². The van der Waals surface area contributed by atoms with Gasteiger partial charge in [0.15, 0.2) is 6.61 Å². The molecule has 0 radical (unpaired) electrons. The first-order valence-electron chi connectivity index (χ1n) is 10.3. The number of aryl methyl sites for hydroxylation is 1. The zero-order chi connectivity index (χ0) is 21.2. The fourth-order valence-electron chi connectivity index (χ4n) is 2.88. The zero-order valence-electron chi connectivity index (χ0n) is 17.9. The lowest BCUT2D eigenvalue weighted by Gasteiger charge is -2.29. The average Bonchev–Trinajstić information content (AvgIpc) is 2.76. The van der Waals surface area contributed by atoms with Gasteiger partial charge in [0, 0.05) is 12.6 Å². The molecule has 2 atom stereocenters. The molecule has 0 aliphatic heterocycles. The number of ether oxygens (including phenoxy) is 1. The molecule has 0 spiro atoms. The first kappa shape index (κ1) is 22.5. The van der Waals surface area contributed by atoms with E-state index >= 15 is 0 Å². The van der Waals surface area contributed by atoms with Gasteiger partial charge in [0.05, 0.1) is 0 Å². The van der Waals surface area contributed by atoms with Crippen molar-refractivity contribution in [3.05, 3.63) is 65.7 Å². The number of nitrogens with one attached hydrogen (secondary N) is 1. The predicted octanol–water partition coefficient (Wildman–Crippen LogP) is 3.96. The topological polar surface area (TPSA) is 58.6 Å². The summed E-state index contributed by atoms with van der Waals surface area (Å²) in [5.74, 6) is 0.267. The van der Waals surface area contributed by atoms with Gasteiger partial charge in [0.1, 0.15) is 11.8 Å². The Bertz CT molecular complexity index is 774. The molecule has 0 fully saturated rings. The number of hydrogen-bond donors (Lipinski definition) is 1. The van der Waals surface area contributed by atoms with Gasteiger partial charge in [-0.2, -0.15) is 0 Å². The standard InChI is InChI=1S/C24H32N2O3/c1-5-18(3)25-24(28)19(4)26(16-21-10-8-7-9-11-21)23(27)17-29-22-14-12-20(6-2)13-15-22/h7-15,18-19H,5-6,16-17H2,1-4H3,(H,25,28)/t18-,19-/m0/s1. The third kappa shape index (κ3) is 6.93. The van der Waals surface area contributed by atoms with Gasteiger partial charge in [-0.3, -0.25) is 9.59 Å². The van der Waals surface area contributed by atoms with Crippen LogP contribution in [0.1, 0.15) is 45.2 Å². The Morgan fingerprint density at radius 3 is 2.21 bits per heavy atom. The van der Waals surface area contributed by atoms with Gasteiger partial charge >= 0.3 is 0 Å². The highest BCUT2D eigenvalue weighted by molar-refractivity contribution is 5.88. The maximum Gasteiger partial charge on any atom is 0.261 e. The van der Waals surface area contributed by atoms with Crippen LogP contribution in [0.5, 0.6) is 5.75 Å². The number of carbonyl (C=O) groups excluding carboxylic acids is 2. The lowest BCUT2D eigenvalue weighted by atomic mass is 10.1. The fraction of sp³-hybridized carbons (Fsp3) is 0.417. The molecule has 1 N–H and O–H groups in total. The Labute approximate surface area is 174 Å². The van der Waals surface area contributed by atoms with Crippen LogP contribution in [0.15, 0.2) is 54.6 Å². The first-order valence-corrected chi connectivity index (χ1v) is 10.3. The number of nitrogens with zero attached hydrogens (tertiary/aromatic N) is 1. The highest BCUT2D eigenvalue weighted by Gasteiger charge is 2.27. The van der Waals surface area contributed by atoms with E-state index in [1.807, 2.05) is 68.4 Å². The molecule has 2 aromatic rings. The van der Waals surface area contributed by atoms with Gasteiger partial charge in [-0.25, -0.2) is 0 Å². The minimum atomic E-state index is -0.595. The number of rotatable bonds is 10.